The van der Waals surface area contributed by atoms with Crippen LogP contribution in [0.25, 0.3) is 0 Å². The lowest BCUT2D eigenvalue weighted by Crippen LogP contribution is -2.67. The van der Waals surface area contributed by atoms with Crippen LogP contribution in [0.5, 0.6) is 0 Å². The molecule has 0 spiro atoms. The quantitative estimate of drug-likeness (QED) is 0.120. The van der Waals surface area contributed by atoms with Gasteiger partial charge in [-0.25, -0.2) is 0 Å². The van der Waals surface area contributed by atoms with Gasteiger partial charge < -0.3 is 19.3 Å². The van der Waals surface area contributed by atoms with Gasteiger partial charge in [-0.1, -0.05) is 60.6 Å². The number of piperazine rings is 1. The largest absolute Gasteiger partial charge is 0.462 e. The van der Waals surface area contributed by atoms with E-state index in [4.69, 9.17) is 4.74 Å². The first-order valence-electron chi connectivity index (χ1n) is 21.7. The van der Waals surface area contributed by atoms with Gasteiger partial charge in [0, 0.05) is 43.4 Å². The van der Waals surface area contributed by atoms with Crippen molar-refractivity contribution in [2.75, 3.05) is 53.4 Å². The van der Waals surface area contributed by atoms with Gasteiger partial charge in [0.15, 0.2) is 0 Å². The van der Waals surface area contributed by atoms with Gasteiger partial charge in [0.2, 0.25) is 5.91 Å². The van der Waals surface area contributed by atoms with Gasteiger partial charge in [-0.05, 0) is 156 Å². The van der Waals surface area contributed by atoms with E-state index >= 15 is 0 Å². The van der Waals surface area contributed by atoms with Crippen LogP contribution in [-0.2, 0) is 19.1 Å². The number of rotatable bonds is 11. The molecule has 53 heavy (non-hydrogen) atoms. The van der Waals surface area contributed by atoms with Gasteiger partial charge >= 0.3 is 5.97 Å². The van der Waals surface area contributed by atoms with E-state index in [2.05, 4.69) is 76.9 Å². The Bertz CT molecular complexity index is 1400. The van der Waals surface area contributed by atoms with Crippen molar-refractivity contribution >= 4 is 18.2 Å². The van der Waals surface area contributed by atoms with Crippen molar-refractivity contribution in [2.45, 2.75) is 145 Å². The molecule has 5 aliphatic carbocycles. The number of carbonyl (C=O) groups is 3. The lowest BCUT2D eigenvalue weighted by atomic mass is 9.32. The lowest BCUT2D eigenvalue weighted by molar-refractivity contribution is -0.250. The number of esters is 1. The highest BCUT2D eigenvalue weighted by Crippen LogP contribution is 2.78. The third-order valence-corrected chi connectivity index (χ3v) is 17.7. The van der Waals surface area contributed by atoms with E-state index in [-0.39, 0.29) is 45.6 Å². The van der Waals surface area contributed by atoms with E-state index in [1.165, 1.54) is 63.4 Å². The Labute approximate surface area is 323 Å². The number of carbonyl (C=O) groups excluding carboxylic acids is 3. The van der Waals surface area contributed by atoms with Crippen molar-refractivity contribution in [3.05, 3.63) is 12.2 Å². The molecule has 6 fully saturated rings. The highest BCUT2D eigenvalue weighted by molar-refractivity contribution is 5.77. The zero-order valence-corrected chi connectivity index (χ0v) is 35.7. The molecule has 10 atom stereocenters. The van der Waals surface area contributed by atoms with E-state index in [1.807, 2.05) is 13.8 Å². The molecule has 7 nitrogen and oxygen atoms in total. The molecular formula is C46H77N3O4. The molecule has 1 aliphatic heterocycles. The summed E-state index contributed by atoms with van der Waals surface area (Å²) in [6.45, 7) is 29.2. The number of fused-ring (bicyclic) bond motifs is 7. The fourth-order valence-electron chi connectivity index (χ4n) is 14.6. The Hall–Kier alpha value is -1.73. The molecule has 0 radical (unpaired) electrons. The molecule has 0 unspecified atom stereocenters. The zero-order valence-electron chi connectivity index (χ0n) is 35.7. The maximum Gasteiger partial charge on any atom is 0.307 e. The second kappa shape index (κ2) is 14.6. The van der Waals surface area contributed by atoms with E-state index < -0.39 is 5.41 Å². The molecule has 6 aliphatic rings. The standard InChI is InChI=1S/C46H77N3O4/c1-32(2)33-15-20-46(29-38(51)49-27-25-48(26-28-49)24-12-23-47(10)11)22-21-44(8)34(40(33)46)13-14-36-43(7)18-17-37(53-39(52)30-41(3,4)31-50)42(5,6)35(43)16-19-45(36,44)9/h31,33-37,40H,1,12-30H2,2-11H3/t33-,34+,35-,36+,37-,40+,43-,44+,45+,46+/m0/s1. The van der Waals surface area contributed by atoms with E-state index in [9.17, 15) is 14.4 Å². The number of aldehydes is 1. The van der Waals surface area contributed by atoms with Crippen LogP contribution in [0.3, 0.4) is 0 Å². The second-order valence-electron chi connectivity index (χ2n) is 21.7. The van der Waals surface area contributed by atoms with Crippen molar-refractivity contribution < 1.29 is 19.1 Å². The SMILES string of the molecule is C=C(C)[C@@H]1CC[C@]2(CC(=O)N3CCN(CCCN(C)C)CC3)CC[C@]3(C)[C@H](CC[C@@H]4[C@@]5(C)CC[C@H](OC(=O)CC(C)(C)C=O)C(C)(C)[C@@H]5CC[C@]43C)[C@@H]12. The van der Waals surface area contributed by atoms with Crippen LogP contribution < -0.4 is 0 Å². The Balaban J connectivity index is 1.19. The number of hydrogen-bond acceptors (Lipinski definition) is 6. The number of allylic oxidation sites excluding steroid dienone is 1. The van der Waals surface area contributed by atoms with E-state index in [0.29, 0.717) is 35.5 Å². The molecule has 300 valence electrons. The average molecular weight is 736 g/mol. The fourth-order valence-corrected chi connectivity index (χ4v) is 14.6. The van der Waals surface area contributed by atoms with Crippen LogP contribution in [0.1, 0.15) is 139 Å². The summed E-state index contributed by atoms with van der Waals surface area (Å²) in [4.78, 5) is 46.0. The van der Waals surface area contributed by atoms with Crippen LogP contribution in [-0.4, -0.2) is 92.3 Å². The first-order chi connectivity index (χ1) is 24.7. The van der Waals surface area contributed by atoms with Gasteiger partial charge in [-0.3, -0.25) is 14.5 Å². The first kappa shape index (κ1) is 40.9. The predicted molar refractivity (Wildman–Crippen MR) is 214 cm³/mol. The van der Waals surface area contributed by atoms with Gasteiger partial charge in [0.1, 0.15) is 12.4 Å². The molecule has 0 bridgehead atoms. The molecule has 0 aromatic rings. The maximum atomic E-state index is 14.3. The molecule has 6 rings (SSSR count). The van der Waals surface area contributed by atoms with Crippen molar-refractivity contribution in [2.24, 2.45) is 62.1 Å². The lowest BCUT2D eigenvalue weighted by Gasteiger charge is -2.73. The van der Waals surface area contributed by atoms with Crippen LogP contribution in [0.15, 0.2) is 12.2 Å². The first-order valence-corrected chi connectivity index (χ1v) is 21.7. The number of ether oxygens (including phenoxy) is 1. The van der Waals surface area contributed by atoms with Gasteiger partial charge in [0.25, 0.3) is 0 Å². The van der Waals surface area contributed by atoms with Crippen LogP contribution in [0.4, 0.5) is 0 Å². The molecule has 1 saturated heterocycles. The Morgan fingerprint density at radius 3 is 2.21 bits per heavy atom. The Morgan fingerprint density at radius 2 is 1.57 bits per heavy atom. The molecular weight excluding hydrogens is 659 g/mol. The summed E-state index contributed by atoms with van der Waals surface area (Å²) < 4.78 is 6.26. The Kier molecular flexibility index (Phi) is 11.3. The molecule has 5 saturated carbocycles. The summed E-state index contributed by atoms with van der Waals surface area (Å²) in [5.41, 5.74) is 1.27. The minimum absolute atomic E-state index is 0.0976. The summed E-state index contributed by atoms with van der Waals surface area (Å²) in [6.07, 6.45) is 14.5. The Morgan fingerprint density at radius 1 is 0.868 bits per heavy atom. The highest BCUT2D eigenvalue weighted by Gasteiger charge is 2.71. The van der Waals surface area contributed by atoms with Crippen molar-refractivity contribution in [3.8, 4) is 0 Å². The van der Waals surface area contributed by atoms with Crippen molar-refractivity contribution in [1.29, 1.82) is 0 Å². The fraction of sp³-hybridized carbons (Fsp3) is 0.891. The normalized spacial score (nSPS) is 41.2. The number of nitrogens with zero attached hydrogens (tertiary/aromatic N) is 3. The molecule has 0 N–H and O–H groups in total. The predicted octanol–water partition coefficient (Wildman–Crippen LogP) is 8.66. The van der Waals surface area contributed by atoms with Crippen LogP contribution >= 0.6 is 0 Å². The average Bonchev–Trinajstić information content (AvgIpc) is 3.46. The van der Waals surface area contributed by atoms with Crippen molar-refractivity contribution in [1.82, 2.24) is 14.7 Å². The molecule has 1 heterocycles. The molecule has 1 amide bonds. The number of amides is 1. The topological polar surface area (TPSA) is 70.2 Å². The maximum absolute atomic E-state index is 14.3. The third-order valence-electron chi connectivity index (χ3n) is 17.7. The zero-order chi connectivity index (χ0) is 38.8. The third kappa shape index (κ3) is 7.12. The van der Waals surface area contributed by atoms with Crippen LogP contribution in [0.2, 0.25) is 0 Å². The summed E-state index contributed by atoms with van der Waals surface area (Å²) in [5, 5.41) is 0. The monoisotopic (exact) mass is 736 g/mol. The van der Waals surface area contributed by atoms with Gasteiger partial charge in [-0.15, -0.1) is 0 Å². The minimum Gasteiger partial charge on any atom is -0.462 e. The van der Waals surface area contributed by atoms with E-state index in [0.717, 1.165) is 64.8 Å². The van der Waals surface area contributed by atoms with Crippen LogP contribution in [0, 0.1) is 62.1 Å². The van der Waals surface area contributed by atoms with E-state index in [1.54, 1.807) is 0 Å². The van der Waals surface area contributed by atoms with Gasteiger partial charge in [0.05, 0.1) is 6.42 Å². The smallest absolute Gasteiger partial charge is 0.307 e. The number of hydrogen-bond donors (Lipinski definition) is 0. The summed E-state index contributed by atoms with van der Waals surface area (Å²) in [6, 6.07) is 0. The second-order valence-corrected chi connectivity index (χ2v) is 21.7. The summed E-state index contributed by atoms with van der Waals surface area (Å²) >= 11 is 0. The summed E-state index contributed by atoms with van der Waals surface area (Å²) in [7, 11) is 4.29. The summed E-state index contributed by atoms with van der Waals surface area (Å²) in [5.74, 6) is 2.98. The molecule has 7 heteroatoms. The highest BCUT2D eigenvalue weighted by atomic mass is 16.5. The molecule has 0 aromatic carbocycles. The minimum atomic E-state index is -0.695. The van der Waals surface area contributed by atoms with Crippen molar-refractivity contribution in [3.63, 3.8) is 0 Å². The van der Waals surface area contributed by atoms with Gasteiger partial charge in [-0.2, -0.15) is 0 Å². The molecule has 0 aromatic heterocycles.